The molecule has 6 nitrogen and oxygen atoms in total. The van der Waals surface area contributed by atoms with E-state index in [0.717, 1.165) is 5.56 Å². The summed E-state index contributed by atoms with van der Waals surface area (Å²) in [6.45, 7) is 6.12. The van der Waals surface area contributed by atoms with Crippen molar-refractivity contribution in [3.8, 4) is 0 Å². The van der Waals surface area contributed by atoms with Gasteiger partial charge in [-0.25, -0.2) is 4.79 Å². The third kappa shape index (κ3) is 3.27. The minimum Gasteiger partial charge on any atom is -0.466 e. The molecule has 0 bridgehead atoms. The Bertz CT molecular complexity index is 676. The first-order chi connectivity index (χ1) is 12.5. The lowest BCUT2D eigenvalue weighted by Gasteiger charge is -2.32. The quantitative estimate of drug-likeness (QED) is 0.563. The standard InChI is InChI=1S/C20H25NO5/c1-3-10-25-15-11-14-16(18(22)24-4-2)17(14)20(15,21)19(23)26-12-13-8-6-5-7-9-13/h3,5-9,14-17H,1,4,10-12,21H2,2H3/t14-,15+,16-,17-,20-/m0/s1. The van der Waals surface area contributed by atoms with Crippen LogP contribution in [0.25, 0.3) is 0 Å². The summed E-state index contributed by atoms with van der Waals surface area (Å²) in [7, 11) is 0. The Morgan fingerprint density at radius 1 is 1.31 bits per heavy atom. The normalized spacial score (nSPS) is 31.8. The average Bonchev–Trinajstić information content (AvgIpc) is 3.30. The molecule has 6 heteroatoms. The van der Waals surface area contributed by atoms with E-state index < -0.39 is 17.6 Å². The van der Waals surface area contributed by atoms with Crippen LogP contribution in [0.4, 0.5) is 0 Å². The number of rotatable bonds is 8. The first-order valence-corrected chi connectivity index (χ1v) is 8.93. The van der Waals surface area contributed by atoms with Gasteiger partial charge in [0.15, 0.2) is 0 Å². The molecule has 0 heterocycles. The fourth-order valence-electron chi connectivity index (χ4n) is 4.04. The Balaban J connectivity index is 1.73. The van der Waals surface area contributed by atoms with Crippen LogP contribution < -0.4 is 5.73 Å². The molecule has 0 unspecified atom stereocenters. The van der Waals surface area contributed by atoms with Gasteiger partial charge in [0.05, 0.1) is 25.2 Å². The van der Waals surface area contributed by atoms with E-state index in [4.69, 9.17) is 19.9 Å². The zero-order valence-corrected chi connectivity index (χ0v) is 14.9. The van der Waals surface area contributed by atoms with Crippen LogP contribution in [0.1, 0.15) is 18.9 Å². The summed E-state index contributed by atoms with van der Waals surface area (Å²) in [4.78, 5) is 25.0. The van der Waals surface area contributed by atoms with Gasteiger partial charge >= 0.3 is 11.9 Å². The predicted octanol–water partition coefficient (Wildman–Crippen LogP) is 1.83. The molecule has 3 rings (SSSR count). The molecule has 26 heavy (non-hydrogen) atoms. The lowest BCUT2D eigenvalue weighted by molar-refractivity contribution is -0.159. The molecule has 1 aromatic rings. The van der Waals surface area contributed by atoms with Gasteiger partial charge in [-0.1, -0.05) is 36.4 Å². The Hall–Kier alpha value is -2.18. The van der Waals surface area contributed by atoms with Crippen molar-refractivity contribution in [2.45, 2.75) is 31.6 Å². The highest BCUT2D eigenvalue weighted by atomic mass is 16.5. The molecule has 0 spiro atoms. The van der Waals surface area contributed by atoms with Crippen LogP contribution in [0.2, 0.25) is 0 Å². The van der Waals surface area contributed by atoms with E-state index in [-0.39, 0.29) is 30.3 Å². The maximum atomic E-state index is 12.9. The molecule has 140 valence electrons. The van der Waals surface area contributed by atoms with E-state index in [1.54, 1.807) is 13.0 Å². The Morgan fingerprint density at radius 3 is 2.69 bits per heavy atom. The second-order valence-corrected chi connectivity index (χ2v) is 6.81. The Kier molecular flexibility index (Phi) is 5.44. The van der Waals surface area contributed by atoms with Crippen LogP contribution in [0, 0.1) is 17.8 Å². The van der Waals surface area contributed by atoms with Crippen molar-refractivity contribution in [3.63, 3.8) is 0 Å². The van der Waals surface area contributed by atoms with Crippen LogP contribution in [0.5, 0.6) is 0 Å². The van der Waals surface area contributed by atoms with E-state index in [1.165, 1.54) is 0 Å². The molecule has 0 saturated heterocycles. The number of carbonyl (C=O) groups excluding carboxylic acids is 2. The minimum absolute atomic E-state index is 0.00172. The summed E-state index contributed by atoms with van der Waals surface area (Å²) in [5.41, 5.74) is 6.05. The summed E-state index contributed by atoms with van der Waals surface area (Å²) in [6.07, 6.45) is 1.66. The number of benzene rings is 1. The van der Waals surface area contributed by atoms with Gasteiger partial charge in [0.25, 0.3) is 0 Å². The van der Waals surface area contributed by atoms with Crippen molar-refractivity contribution in [3.05, 3.63) is 48.6 Å². The maximum absolute atomic E-state index is 12.9. The number of esters is 2. The number of nitrogens with two attached hydrogens (primary N) is 1. The van der Waals surface area contributed by atoms with Crippen molar-refractivity contribution >= 4 is 11.9 Å². The molecule has 0 aliphatic heterocycles. The highest BCUT2D eigenvalue weighted by Crippen LogP contribution is 2.62. The highest BCUT2D eigenvalue weighted by Gasteiger charge is 2.75. The minimum atomic E-state index is -1.35. The zero-order chi connectivity index (χ0) is 18.7. The van der Waals surface area contributed by atoms with Crippen LogP contribution in [0.15, 0.2) is 43.0 Å². The van der Waals surface area contributed by atoms with Gasteiger partial charge in [-0.05, 0) is 24.8 Å². The van der Waals surface area contributed by atoms with Gasteiger partial charge in [0.2, 0.25) is 0 Å². The third-order valence-corrected chi connectivity index (χ3v) is 5.28. The van der Waals surface area contributed by atoms with Crippen LogP contribution >= 0.6 is 0 Å². The summed E-state index contributed by atoms with van der Waals surface area (Å²) >= 11 is 0. The van der Waals surface area contributed by atoms with Gasteiger partial charge in [0.1, 0.15) is 12.1 Å². The van der Waals surface area contributed by atoms with Crippen molar-refractivity contribution in [1.29, 1.82) is 0 Å². The second-order valence-electron chi connectivity index (χ2n) is 6.81. The molecule has 2 N–H and O–H groups in total. The van der Waals surface area contributed by atoms with Crippen LogP contribution in [-0.4, -0.2) is 36.8 Å². The molecule has 0 radical (unpaired) electrons. The SMILES string of the molecule is C=CCO[C@@H]1C[C@H]2[C@H](C(=O)OCC)[C@H]2[C@]1(N)C(=O)OCc1ccccc1. The van der Waals surface area contributed by atoms with Gasteiger partial charge in [-0.3, -0.25) is 4.79 Å². The smallest absolute Gasteiger partial charge is 0.329 e. The van der Waals surface area contributed by atoms with Gasteiger partial charge in [-0.2, -0.15) is 0 Å². The fraction of sp³-hybridized carbons (Fsp3) is 0.500. The zero-order valence-electron chi connectivity index (χ0n) is 14.9. The average molecular weight is 359 g/mol. The van der Waals surface area contributed by atoms with Crippen molar-refractivity contribution in [2.75, 3.05) is 13.2 Å². The molecule has 0 amide bonds. The Morgan fingerprint density at radius 2 is 2.04 bits per heavy atom. The third-order valence-electron chi connectivity index (χ3n) is 5.28. The summed E-state index contributed by atoms with van der Waals surface area (Å²) in [6, 6.07) is 9.39. The first-order valence-electron chi connectivity index (χ1n) is 8.93. The second kappa shape index (κ2) is 7.60. The molecule has 2 fully saturated rings. The van der Waals surface area contributed by atoms with Crippen molar-refractivity contribution < 1.29 is 23.8 Å². The Labute approximate surface area is 153 Å². The van der Waals surface area contributed by atoms with E-state index in [1.807, 2.05) is 30.3 Å². The lowest BCUT2D eigenvalue weighted by Crippen LogP contribution is -2.59. The van der Waals surface area contributed by atoms with Gasteiger partial charge in [0, 0.05) is 5.92 Å². The summed E-state index contributed by atoms with van der Waals surface area (Å²) < 4.78 is 16.3. The molecule has 2 aliphatic carbocycles. The van der Waals surface area contributed by atoms with Crippen LogP contribution in [0.3, 0.4) is 0 Å². The summed E-state index contributed by atoms with van der Waals surface area (Å²) in [5, 5.41) is 0. The van der Waals surface area contributed by atoms with Gasteiger partial charge in [-0.15, -0.1) is 6.58 Å². The number of carbonyl (C=O) groups is 2. The number of fused-ring (bicyclic) bond motifs is 1. The van der Waals surface area contributed by atoms with E-state index >= 15 is 0 Å². The van der Waals surface area contributed by atoms with Crippen LogP contribution in [-0.2, 0) is 30.4 Å². The van der Waals surface area contributed by atoms with Crippen molar-refractivity contribution in [1.82, 2.24) is 0 Å². The number of ether oxygens (including phenoxy) is 3. The molecule has 2 saturated carbocycles. The first kappa shape index (κ1) is 18.6. The van der Waals surface area contributed by atoms with E-state index in [2.05, 4.69) is 6.58 Å². The monoisotopic (exact) mass is 359 g/mol. The lowest BCUT2D eigenvalue weighted by atomic mass is 9.88. The number of hydrogen-bond donors (Lipinski definition) is 1. The van der Waals surface area contributed by atoms with Gasteiger partial charge < -0.3 is 19.9 Å². The fourth-order valence-corrected chi connectivity index (χ4v) is 4.04. The maximum Gasteiger partial charge on any atom is 0.329 e. The molecule has 0 aromatic heterocycles. The molecular weight excluding hydrogens is 334 g/mol. The predicted molar refractivity (Wildman–Crippen MR) is 94.8 cm³/mol. The molecule has 5 atom stereocenters. The molecule has 1 aromatic carbocycles. The number of hydrogen-bond acceptors (Lipinski definition) is 6. The largest absolute Gasteiger partial charge is 0.466 e. The molecular formula is C20H25NO5. The molecule has 2 aliphatic rings. The topological polar surface area (TPSA) is 87.9 Å². The van der Waals surface area contributed by atoms with Crippen molar-refractivity contribution in [2.24, 2.45) is 23.5 Å². The summed E-state index contributed by atoms with van der Waals surface area (Å²) in [5.74, 6) is -1.49. The highest BCUT2D eigenvalue weighted by molar-refractivity contribution is 5.87. The van der Waals surface area contributed by atoms with E-state index in [0.29, 0.717) is 19.6 Å². The van der Waals surface area contributed by atoms with E-state index in [9.17, 15) is 9.59 Å².